The normalized spacial score (nSPS) is 24.7. The van der Waals surface area contributed by atoms with Gasteiger partial charge in [-0.3, -0.25) is 9.80 Å². The molecule has 1 heterocycles. The molecule has 2 heteroatoms. The van der Waals surface area contributed by atoms with Crippen LogP contribution >= 0.6 is 0 Å². The molecule has 1 aliphatic heterocycles. The van der Waals surface area contributed by atoms with Gasteiger partial charge in [0.25, 0.3) is 0 Å². The summed E-state index contributed by atoms with van der Waals surface area (Å²) in [5.74, 6) is 0. The molecule has 0 aliphatic carbocycles. The van der Waals surface area contributed by atoms with Gasteiger partial charge in [-0.1, -0.05) is 6.92 Å². The first-order chi connectivity index (χ1) is 4.33. The van der Waals surface area contributed by atoms with Gasteiger partial charge in [0.2, 0.25) is 0 Å². The monoisotopic (exact) mass is 128 g/mol. The Morgan fingerprint density at radius 2 is 2.11 bits per heavy atom. The van der Waals surface area contributed by atoms with Crippen molar-refractivity contribution in [2.24, 2.45) is 0 Å². The molecule has 0 atom stereocenters. The minimum Gasteiger partial charge on any atom is -0.293 e. The van der Waals surface area contributed by atoms with Gasteiger partial charge >= 0.3 is 0 Å². The van der Waals surface area contributed by atoms with E-state index in [1.54, 1.807) is 0 Å². The van der Waals surface area contributed by atoms with E-state index in [0.29, 0.717) is 0 Å². The zero-order chi connectivity index (χ0) is 6.69. The summed E-state index contributed by atoms with van der Waals surface area (Å²) >= 11 is 0. The van der Waals surface area contributed by atoms with Crippen molar-refractivity contribution in [1.82, 2.24) is 9.80 Å². The van der Waals surface area contributed by atoms with E-state index in [1.165, 1.54) is 26.1 Å². The molecule has 0 aromatic heterocycles. The first kappa shape index (κ1) is 7.03. The van der Waals surface area contributed by atoms with Crippen molar-refractivity contribution in [2.75, 3.05) is 33.4 Å². The quantitative estimate of drug-likeness (QED) is 0.510. The molecule has 0 radical (unpaired) electrons. The van der Waals surface area contributed by atoms with Gasteiger partial charge in [0.1, 0.15) is 0 Å². The molecule has 0 aromatic carbocycles. The molecule has 0 unspecified atom stereocenters. The highest BCUT2D eigenvalue weighted by molar-refractivity contribution is 4.63. The molecule has 0 bridgehead atoms. The van der Waals surface area contributed by atoms with E-state index in [0.717, 1.165) is 6.67 Å². The molecule has 1 aliphatic rings. The average Bonchev–Trinajstić information content (AvgIpc) is 1.88. The molecular formula is C7H16N2. The topological polar surface area (TPSA) is 6.48 Å². The van der Waals surface area contributed by atoms with Gasteiger partial charge in [-0.05, 0) is 20.0 Å². The maximum Gasteiger partial charge on any atom is 0.0503 e. The van der Waals surface area contributed by atoms with E-state index in [2.05, 4.69) is 23.8 Å². The summed E-state index contributed by atoms with van der Waals surface area (Å²) in [6, 6.07) is 0. The van der Waals surface area contributed by atoms with Crippen LogP contribution in [0.1, 0.15) is 13.3 Å². The highest BCUT2D eigenvalue weighted by atomic mass is 15.3. The zero-order valence-corrected chi connectivity index (χ0v) is 6.43. The van der Waals surface area contributed by atoms with Crippen LogP contribution < -0.4 is 0 Å². The van der Waals surface area contributed by atoms with Crippen LogP contribution in [0.5, 0.6) is 0 Å². The molecule has 1 rings (SSSR count). The molecule has 0 N–H and O–H groups in total. The lowest BCUT2D eigenvalue weighted by Crippen LogP contribution is -2.42. The summed E-state index contributed by atoms with van der Waals surface area (Å²) < 4.78 is 0. The Hall–Kier alpha value is -0.0800. The molecule has 0 aromatic rings. The lowest BCUT2D eigenvalue weighted by molar-refractivity contribution is 0.113. The van der Waals surface area contributed by atoms with Crippen LogP contribution in [0.3, 0.4) is 0 Å². The van der Waals surface area contributed by atoms with Gasteiger partial charge in [0.05, 0.1) is 6.67 Å². The Bertz CT molecular complexity index is 83.0. The predicted molar refractivity (Wildman–Crippen MR) is 39.4 cm³/mol. The molecule has 0 amide bonds. The minimum atomic E-state index is 1.16. The van der Waals surface area contributed by atoms with Crippen LogP contribution in [0.2, 0.25) is 0 Å². The van der Waals surface area contributed by atoms with Crippen molar-refractivity contribution in [1.29, 1.82) is 0 Å². The van der Waals surface area contributed by atoms with Gasteiger partial charge in [-0.15, -0.1) is 0 Å². The minimum absolute atomic E-state index is 1.16. The van der Waals surface area contributed by atoms with Crippen LogP contribution in [-0.4, -0.2) is 43.2 Å². The summed E-state index contributed by atoms with van der Waals surface area (Å²) in [5, 5.41) is 0. The van der Waals surface area contributed by atoms with Crippen LogP contribution in [0.4, 0.5) is 0 Å². The molecule has 0 spiro atoms. The highest BCUT2D eigenvalue weighted by Gasteiger charge is 2.10. The van der Waals surface area contributed by atoms with Crippen molar-refractivity contribution in [3.8, 4) is 0 Å². The van der Waals surface area contributed by atoms with Crippen molar-refractivity contribution in [3.05, 3.63) is 0 Å². The number of hydrogen-bond acceptors (Lipinski definition) is 2. The van der Waals surface area contributed by atoms with E-state index in [1.807, 2.05) is 0 Å². The lowest BCUT2D eigenvalue weighted by atomic mass is 10.3. The van der Waals surface area contributed by atoms with E-state index >= 15 is 0 Å². The summed E-state index contributed by atoms with van der Waals surface area (Å²) in [7, 11) is 2.18. The fraction of sp³-hybridized carbons (Fsp3) is 1.00. The molecular weight excluding hydrogens is 112 g/mol. The summed E-state index contributed by atoms with van der Waals surface area (Å²) in [6.07, 6.45) is 1.34. The first-order valence-corrected chi connectivity index (χ1v) is 3.74. The van der Waals surface area contributed by atoms with Crippen molar-refractivity contribution in [2.45, 2.75) is 13.3 Å². The van der Waals surface area contributed by atoms with Gasteiger partial charge in [-0.25, -0.2) is 0 Å². The Balaban J connectivity index is 2.23. The second kappa shape index (κ2) is 3.18. The molecule has 2 nitrogen and oxygen atoms in total. The molecule has 1 fully saturated rings. The van der Waals surface area contributed by atoms with Gasteiger partial charge in [0.15, 0.2) is 0 Å². The largest absolute Gasteiger partial charge is 0.293 e. The molecule has 54 valence electrons. The third-order valence-electron chi connectivity index (χ3n) is 1.90. The maximum absolute atomic E-state index is 2.46. The number of rotatable bonds is 1. The van der Waals surface area contributed by atoms with E-state index in [9.17, 15) is 0 Å². The third-order valence-corrected chi connectivity index (χ3v) is 1.90. The zero-order valence-electron chi connectivity index (χ0n) is 6.43. The average molecular weight is 128 g/mol. The Labute approximate surface area is 57.4 Å². The molecule has 9 heavy (non-hydrogen) atoms. The van der Waals surface area contributed by atoms with Crippen molar-refractivity contribution >= 4 is 0 Å². The molecule has 1 saturated heterocycles. The SMILES string of the molecule is CCN1CCCN(C)C1. The Kier molecular flexibility index (Phi) is 2.49. The van der Waals surface area contributed by atoms with Crippen LogP contribution in [0.15, 0.2) is 0 Å². The second-order valence-corrected chi connectivity index (χ2v) is 2.79. The third kappa shape index (κ3) is 1.95. The molecule has 0 saturated carbocycles. The van der Waals surface area contributed by atoms with E-state index in [-0.39, 0.29) is 0 Å². The standard InChI is InChI=1S/C7H16N2/c1-3-9-6-4-5-8(2)7-9/h3-7H2,1-2H3. The van der Waals surface area contributed by atoms with Gasteiger partial charge in [0, 0.05) is 13.1 Å². The number of nitrogens with zero attached hydrogens (tertiary/aromatic N) is 2. The second-order valence-electron chi connectivity index (χ2n) is 2.79. The predicted octanol–water partition coefficient (Wildman–Crippen LogP) is 0.601. The smallest absolute Gasteiger partial charge is 0.0503 e. The van der Waals surface area contributed by atoms with E-state index < -0.39 is 0 Å². The van der Waals surface area contributed by atoms with Crippen molar-refractivity contribution in [3.63, 3.8) is 0 Å². The van der Waals surface area contributed by atoms with Crippen LogP contribution in [0.25, 0.3) is 0 Å². The highest BCUT2D eigenvalue weighted by Crippen LogP contribution is 2.01. The number of hydrogen-bond donors (Lipinski definition) is 0. The Morgan fingerprint density at radius 1 is 1.33 bits per heavy atom. The lowest BCUT2D eigenvalue weighted by Gasteiger charge is -2.32. The van der Waals surface area contributed by atoms with Crippen molar-refractivity contribution < 1.29 is 0 Å². The van der Waals surface area contributed by atoms with Crippen LogP contribution in [-0.2, 0) is 0 Å². The van der Waals surface area contributed by atoms with Gasteiger partial charge < -0.3 is 0 Å². The summed E-state index contributed by atoms with van der Waals surface area (Å²) in [4.78, 5) is 4.83. The Morgan fingerprint density at radius 3 is 2.56 bits per heavy atom. The maximum atomic E-state index is 2.46. The fourth-order valence-corrected chi connectivity index (χ4v) is 1.31. The van der Waals surface area contributed by atoms with Crippen LogP contribution in [0, 0.1) is 0 Å². The van der Waals surface area contributed by atoms with Gasteiger partial charge in [-0.2, -0.15) is 0 Å². The van der Waals surface area contributed by atoms with E-state index in [4.69, 9.17) is 0 Å². The summed E-state index contributed by atoms with van der Waals surface area (Å²) in [5.41, 5.74) is 0. The first-order valence-electron chi connectivity index (χ1n) is 3.74. The summed E-state index contributed by atoms with van der Waals surface area (Å²) in [6.45, 7) is 7.15. The fourth-order valence-electron chi connectivity index (χ4n) is 1.31.